The van der Waals surface area contributed by atoms with Gasteiger partial charge >= 0.3 is 0 Å². The van der Waals surface area contributed by atoms with Crippen LogP contribution in [0.1, 0.15) is 45.1 Å². The Balaban J connectivity index is 1.41. The van der Waals surface area contributed by atoms with Gasteiger partial charge in [-0.25, -0.2) is 15.0 Å². The molecule has 3 unspecified atom stereocenters. The van der Waals surface area contributed by atoms with Gasteiger partial charge in [-0.1, -0.05) is 13.3 Å². The molecule has 0 saturated heterocycles. The molecular weight excluding hydrogens is 335 g/mol. The van der Waals surface area contributed by atoms with Crippen molar-refractivity contribution in [3.63, 3.8) is 0 Å². The first-order chi connectivity index (χ1) is 12.6. The van der Waals surface area contributed by atoms with Gasteiger partial charge in [-0.3, -0.25) is 4.79 Å². The minimum absolute atomic E-state index is 0.0433. The highest BCUT2D eigenvalue weighted by Crippen LogP contribution is 2.56. The molecular formula is C18H23FN6O. The van der Waals surface area contributed by atoms with Crippen LogP contribution in [-0.4, -0.2) is 37.5 Å². The standard InChI is InChI=1S/C18H23FN6O/c1-2-12(25-7-6-20-11-25)17(26)24-14-8-13(18(14)4-3-5-18)23-16-10-21-15(19)9-22-16/h6-7,9-14H,2-5,8H2,1H3,(H,22,23)(H,24,26). The van der Waals surface area contributed by atoms with Crippen LogP contribution in [0.3, 0.4) is 0 Å². The predicted molar refractivity (Wildman–Crippen MR) is 93.8 cm³/mol. The van der Waals surface area contributed by atoms with Crippen molar-refractivity contribution in [2.75, 3.05) is 5.32 Å². The van der Waals surface area contributed by atoms with Crippen LogP contribution in [0.5, 0.6) is 0 Å². The number of rotatable bonds is 6. The summed E-state index contributed by atoms with van der Waals surface area (Å²) in [5.41, 5.74) is 0.0684. The number of anilines is 1. The fraction of sp³-hybridized carbons (Fsp3) is 0.556. The number of hydrogen-bond acceptors (Lipinski definition) is 5. The Morgan fingerprint density at radius 1 is 1.38 bits per heavy atom. The second-order valence-corrected chi connectivity index (χ2v) is 7.24. The SMILES string of the molecule is CCC(C(=O)NC1CC(Nc2cnc(F)cn2)C12CCC2)n1ccnc1. The molecule has 2 fully saturated rings. The Kier molecular flexibility index (Phi) is 4.34. The van der Waals surface area contributed by atoms with E-state index in [4.69, 9.17) is 0 Å². The van der Waals surface area contributed by atoms with Crippen LogP contribution in [0.25, 0.3) is 0 Å². The number of carbonyl (C=O) groups is 1. The zero-order chi connectivity index (χ0) is 18.1. The topological polar surface area (TPSA) is 84.7 Å². The van der Waals surface area contributed by atoms with Crippen LogP contribution in [0.15, 0.2) is 31.1 Å². The molecule has 26 heavy (non-hydrogen) atoms. The zero-order valence-corrected chi connectivity index (χ0v) is 14.7. The molecule has 0 aromatic carbocycles. The van der Waals surface area contributed by atoms with E-state index >= 15 is 0 Å². The Labute approximate surface area is 151 Å². The number of carbonyl (C=O) groups excluding carboxylic acids is 1. The maximum Gasteiger partial charge on any atom is 0.243 e. The lowest BCUT2D eigenvalue weighted by Gasteiger charge is -2.61. The second-order valence-electron chi connectivity index (χ2n) is 7.24. The first-order valence-corrected chi connectivity index (χ1v) is 9.14. The van der Waals surface area contributed by atoms with E-state index in [2.05, 4.69) is 25.6 Å². The van der Waals surface area contributed by atoms with Crippen LogP contribution in [0, 0.1) is 11.4 Å². The van der Waals surface area contributed by atoms with Crippen molar-refractivity contribution in [2.45, 2.75) is 57.2 Å². The summed E-state index contributed by atoms with van der Waals surface area (Å²) in [7, 11) is 0. The average Bonchev–Trinajstić information content (AvgIpc) is 3.09. The third-order valence-electron chi connectivity index (χ3n) is 5.98. The first-order valence-electron chi connectivity index (χ1n) is 9.14. The van der Waals surface area contributed by atoms with Gasteiger partial charge in [0.15, 0.2) is 0 Å². The van der Waals surface area contributed by atoms with Gasteiger partial charge in [-0.05, 0) is 25.7 Å². The fourth-order valence-corrected chi connectivity index (χ4v) is 4.29. The Bertz CT molecular complexity index is 758. The molecule has 4 rings (SSSR count). The molecule has 0 radical (unpaired) electrons. The summed E-state index contributed by atoms with van der Waals surface area (Å²) in [6, 6.07) is 0.159. The minimum atomic E-state index is -0.585. The number of aromatic nitrogens is 4. The molecule has 2 aliphatic carbocycles. The van der Waals surface area contributed by atoms with Crippen LogP contribution < -0.4 is 10.6 Å². The van der Waals surface area contributed by atoms with Gasteiger partial charge in [0.2, 0.25) is 11.9 Å². The number of nitrogens with one attached hydrogen (secondary N) is 2. The van der Waals surface area contributed by atoms with E-state index in [0.29, 0.717) is 5.82 Å². The quantitative estimate of drug-likeness (QED) is 0.828. The van der Waals surface area contributed by atoms with Gasteiger partial charge in [-0.2, -0.15) is 4.39 Å². The molecule has 3 atom stereocenters. The normalized spacial score (nSPS) is 24.4. The second kappa shape index (κ2) is 6.66. The highest BCUT2D eigenvalue weighted by Gasteiger charge is 2.59. The van der Waals surface area contributed by atoms with Gasteiger partial charge in [0.05, 0.1) is 18.7 Å². The molecule has 8 heteroatoms. The summed E-state index contributed by atoms with van der Waals surface area (Å²) in [6.45, 7) is 2.00. The number of halogens is 1. The molecule has 2 aromatic heterocycles. The van der Waals surface area contributed by atoms with Gasteiger partial charge in [0.1, 0.15) is 11.9 Å². The summed E-state index contributed by atoms with van der Waals surface area (Å²) in [6.07, 6.45) is 12.6. The molecule has 2 saturated carbocycles. The molecule has 1 amide bonds. The lowest BCUT2D eigenvalue weighted by Crippen LogP contribution is -2.69. The Morgan fingerprint density at radius 3 is 2.81 bits per heavy atom. The third-order valence-corrected chi connectivity index (χ3v) is 5.98. The maximum atomic E-state index is 12.9. The van der Waals surface area contributed by atoms with Gasteiger partial charge in [0.25, 0.3) is 0 Å². The van der Waals surface area contributed by atoms with Gasteiger partial charge < -0.3 is 15.2 Å². The summed E-state index contributed by atoms with van der Waals surface area (Å²) < 4.78 is 14.8. The van der Waals surface area contributed by atoms with Crippen molar-refractivity contribution in [3.05, 3.63) is 37.1 Å². The van der Waals surface area contributed by atoms with E-state index in [1.807, 2.05) is 17.7 Å². The van der Waals surface area contributed by atoms with E-state index in [1.165, 1.54) is 12.6 Å². The molecule has 7 nitrogen and oxygen atoms in total. The summed E-state index contributed by atoms with van der Waals surface area (Å²) in [5, 5.41) is 6.62. The van der Waals surface area contributed by atoms with E-state index in [1.54, 1.807) is 12.5 Å². The van der Waals surface area contributed by atoms with Crippen LogP contribution in [-0.2, 0) is 4.79 Å². The molecule has 2 heterocycles. The van der Waals surface area contributed by atoms with E-state index in [0.717, 1.165) is 31.9 Å². The first kappa shape index (κ1) is 16.9. The van der Waals surface area contributed by atoms with Crippen LogP contribution in [0.4, 0.5) is 10.2 Å². The van der Waals surface area contributed by atoms with Crippen molar-refractivity contribution in [3.8, 4) is 0 Å². The van der Waals surface area contributed by atoms with Crippen molar-refractivity contribution in [1.29, 1.82) is 0 Å². The lowest BCUT2D eigenvalue weighted by molar-refractivity contribution is -0.130. The number of amides is 1. The van der Waals surface area contributed by atoms with E-state index < -0.39 is 5.95 Å². The molecule has 2 N–H and O–H groups in total. The number of nitrogens with zero attached hydrogens (tertiary/aromatic N) is 4. The Morgan fingerprint density at radius 2 is 2.23 bits per heavy atom. The highest BCUT2D eigenvalue weighted by molar-refractivity contribution is 5.80. The number of hydrogen-bond donors (Lipinski definition) is 2. The molecule has 138 valence electrons. The van der Waals surface area contributed by atoms with Gasteiger partial charge in [-0.15, -0.1) is 0 Å². The third kappa shape index (κ3) is 2.83. The predicted octanol–water partition coefficient (Wildman–Crippen LogP) is 2.30. The van der Waals surface area contributed by atoms with Crippen LogP contribution >= 0.6 is 0 Å². The fourth-order valence-electron chi connectivity index (χ4n) is 4.29. The minimum Gasteiger partial charge on any atom is -0.365 e. The van der Waals surface area contributed by atoms with Gasteiger partial charge in [0, 0.05) is 29.9 Å². The highest BCUT2D eigenvalue weighted by atomic mass is 19.1. The monoisotopic (exact) mass is 358 g/mol. The number of imidazole rings is 1. The lowest BCUT2D eigenvalue weighted by atomic mass is 9.49. The maximum absolute atomic E-state index is 12.9. The largest absolute Gasteiger partial charge is 0.365 e. The molecule has 0 aliphatic heterocycles. The average molecular weight is 358 g/mol. The van der Waals surface area contributed by atoms with Crippen molar-refractivity contribution < 1.29 is 9.18 Å². The van der Waals surface area contributed by atoms with Crippen molar-refractivity contribution in [2.24, 2.45) is 5.41 Å². The molecule has 2 aromatic rings. The smallest absolute Gasteiger partial charge is 0.243 e. The molecule has 2 aliphatic rings. The molecule has 1 spiro atoms. The summed E-state index contributed by atoms with van der Waals surface area (Å²) >= 11 is 0. The van der Waals surface area contributed by atoms with Crippen molar-refractivity contribution in [1.82, 2.24) is 24.8 Å². The molecule has 0 bridgehead atoms. The van der Waals surface area contributed by atoms with Crippen LogP contribution in [0.2, 0.25) is 0 Å². The van der Waals surface area contributed by atoms with E-state index in [-0.39, 0.29) is 29.4 Å². The van der Waals surface area contributed by atoms with Crippen molar-refractivity contribution >= 4 is 11.7 Å². The summed E-state index contributed by atoms with van der Waals surface area (Å²) in [4.78, 5) is 24.5. The Hall–Kier alpha value is -2.51. The van der Waals surface area contributed by atoms with E-state index in [9.17, 15) is 9.18 Å². The zero-order valence-electron chi connectivity index (χ0n) is 14.7. The summed E-state index contributed by atoms with van der Waals surface area (Å²) in [5.74, 6) is 0.0388.